The third kappa shape index (κ3) is 7.85. The second kappa shape index (κ2) is 12.5. The Morgan fingerprint density at radius 3 is 2.29 bits per heavy atom. The van der Waals surface area contributed by atoms with Crippen LogP contribution in [0.3, 0.4) is 0 Å². The van der Waals surface area contributed by atoms with E-state index in [0.717, 1.165) is 21.7 Å². The van der Waals surface area contributed by atoms with E-state index in [0.29, 0.717) is 31.9 Å². The standard InChI is InChI=1S/C25H30FN3O4S/c1-18-4-3-5-19(2)25(18)27-22(30)16-28-11-13-29(14-12-28)23(31)17-33-24(32)10-15-34-21-8-6-20(26)7-9-21/h3-9H,10-17H2,1-2H3,(H,27,30). The first-order valence-corrected chi connectivity index (χ1v) is 12.2. The van der Waals surface area contributed by atoms with Crippen LogP contribution < -0.4 is 5.32 Å². The molecule has 1 N–H and O–H groups in total. The van der Waals surface area contributed by atoms with Crippen molar-refractivity contribution in [1.29, 1.82) is 0 Å². The lowest BCUT2D eigenvalue weighted by molar-refractivity contribution is -0.152. The zero-order chi connectivity index (χ0) is 24.5. The van der Waals surface area contributed by atoms with Gasteiger partial charge in [0.15, 0.2) is 6.61 Å². The van der Waals surface area contributed by atoms with Gasteiger partial charge in [-0.05, 0) is 49.2 Å². The molecule has 2 aromatic rings. The first-order chi connectivity index (χ1) is 16.3. The molecule has 1 aliphatic rings. The SMILES string of the molecule is Cc1cccc(C)c1NC(=O)CN1CCN(C(=O)COC(=O)CCSc2ccc(F)cc2)CC1. The van der Waals surface area contributed by atoms with Crippen LogP contribution in [-0.4, -0.2) is 72.7 Å². The lowest BCUT2D eigenvalue weighted by Gasteiger charge is -2.34. The Labute approximate surface area is 203 Å². The average Bonchev–Trinajstić information content (AvgIpc) is 2.82. The summed E-state index contributed by atoms with van der Waals surface area (Å²) >= 11 is 1.43. The number of carbonyl (C=O) groups excluding carboxylic acids is 3. The molecule has 182 valence electrons. The number of anilines is 1. The number of carbonyl (C=O) groups is 3. The Bertz CT molecular complexity index is 987. The number of aryl methyl sites for hydroxylation is 2. The minimum atomic E-state index is -0.440. The van der Waals surface area contributed by atoms with E-state index in [-0.39, 0.29) is 37.2 Å². The van der Waals surface area contributed by atoms with Crippen molar-refractivity contribution in [1.82, 2.24) is 9.80 Å². The number of ether oxygens (including phenoxy) is 1. The van der Waals surface area contributed by atoms with E-state index in [4.69, 9.17) is 4.74 Å². The molecule has 0 aromatic heterocycles. The number of nitrogens with one attached hydrogen (secondary N) is 1. The Morgan fingerprint density at radius 1 is 1.00 bits per heavy atom. The van der Waals surface area contributed by atoms with Crippen LogP contribution in [0, 0.1) is 19.7 Å². The predicted octanol–water partition coefficient (Wildman–Crippen LogP) is 3.25. The average molecular weight is 488 g/mol. The van der Waals surface area contributed by atoms with Crippen LogP contribution in [0.4, 0.5) is 10.1 Å². The Hall–Kier alpha value is -2.91. The highest BCUT2D eigenvalue weighted by atomic mass is 32.2. The number of hydrogen-bond acceptors (Lipinski definition) is 6. The number of esters is 1. The maximum absolute atomic E-state index is 12.9. The van der Waals surface area contributed by atoms with Crippen LogP contribution in [-0.2, 0) is 19.1 Å². The Kier molecular flexibility index (Phi) is 9.47. The third-order valence-corrected chi connectivity index (χ3v) is 6.60. The molecule has 3 rings (SSSR count). The molecule has 0 unspecified atom stereocenters. The van der Waals surface area contributed by atoms with Crippen molar-refractivity contribution in [2.45, 2.75) is 25.2 Å². The summed E-state index contributed by atoms with van der Waals surface area (Å²) in [6, 6.07) is 11.9. The zero-order valence-corrected chi connectivity index (χ0v) is 20.3. The van der Waals surface area contributed by atoms with Gasteiger partial charge in [-0.2, -0.15) is 0 Å². The second-order valence-electron chi connectivity index (χ2n) is 8.18. The van der Waals surface area contributed by atoms with Crippen molar-refractivity contribution in [2.75, 3.05) is 50.4 Å². The molecule has 1 aliphatic heterocycles. The molecule has 1 saturated heterocycles. The van der Waals surface area contributed by atoms with Crippen LogP contribution in [0.2, 0.25) is 0 Å². The lowest BCUT2D eigenvalue weighted by atomic mass is 10.1. The smallest absolute Gasteiger partial charge is 0.307 e. The van der Waals surface area contributed by atoms with Gasteiger partial charge in [-0.15, -0.1) is 11.8 Å². The Morgan fingerprint density at radius 2 is 1.65 bits per heavy atom. The number of rotatable bonds is 9. The minimum Gasteiger partial charge on any atom is -0.456 e. The van der Waals surface area contributed by atoms with Gasteiger partial charge in [0.25, 0.3) is 5.91 Å². The van der Waals surface area contributed by atoms with E-state index in [2.05, 4.69) is 5.32 Å². The second-order valence-corrected chi connectivity index (χ2v) is 9.35. The highest BCUT2D eigenvalue weighted by Gasteiger charge is 2.23. The molecule has 7 nitrogen and oxygen atoms in total. The van der Waals surface area contributed by atoms with Gasteiger partial charge in [0, 0.05) is 42.5 Å². The van der Waals surface area contributed by atoms with Crippen LogP contribution in [0.15, 0.2) is 47.4 Å². The minimum absolute atomic E-state index is 0.0791. The van der Waals surface area contributed by atoms with Crippen LogP contribution in [0.5, 0.6) is 0 Å². The van der Waals surface area contributed by atoms with Gasteiger partial charge in [0.2, 0.25) is 5.91 Å². The van der Waals surface area contributed by atoms with Gasteiger partial charge in [-0.3, -0.25) is 19.3 Å². The molecule has 2 aromatic carbocycles. The molecule has 0 spiro atoms. The van der Waals surface area contributed by atoms with E-state index >= 15 is 0 Å². The van der Waals surface area contributed by atoms with Crippen molar-refractivity contribution in [3.63, 3.8) is 0 Å². The molecule has 1 fully saturated rings. The largest absolute Gasteiger partial charge is 0.456 e. The first-order valence-electron chi connectivity index (χ1n) is 11.2. The number of piperazine rings is 1. The monoisotopic (exact) mass is 487 g/mol. The molecule has 0 saturated carbocycles. The quantitative estimate of drug-likeness (QED) is 0.432. The maximum atomic E-state index is 12.9. The summed E-state index contributed by atoms with van der Waals surface area (Å²) in [5, 5.41) is 2.99. The van der Waals surface area contributed by atoms with Gasteiger partial charge in [-0.25, -0.2) is 4.39 Å². The van der Waals surface area contributed by atoms with Gasteiger partial charge >= 0.3 is 5.97 Å². The van der Waals surface area contributed by atoms with E-state index in [9.17, 15) is 18.8 Å². The van der Waals surface area contributed by atoms with Crippen molar-refractivity contribution >= 4 is 35.2 Å². The van der Waals surface area contributed by atoms with Gasteiger partial charge in [-0.1, -0.05) is 18.2 Å². The first kappa shape index (κ1) is 25.7. The van der Waals surface area contributed by atoms with Crippen molar-refractivity contribution in [2.24, 2.45) is 0 Å². The van der Waals surface area contributed by atoms with Crippen LogP contribution in [0.1, 0.15) is 17.5 Å². The molecule has 1 heterocycles. The number of hydrogen-bond donors (Lipinski definition) is 1. The number of amides is 2. The molecule has 0 bridgehead atoms. The van der Waals surface area contributed by atoms with Crippen molar-refractivity contribution in [3.05, 3.63) is 59.4 Å². The maximum Gasteiger partial charge on any atom is 0.307 e. The molecule has 9 heteroatoms. The highest BCUT2D eigenvalue weighted by molar-refractivity contribution is 7.99. The summed E-state index contributed by atoms with van der Waals surface area (Å²) in [4.78, 5) is 41.3. The van der Waals surface area contributed by atoms with Crippen molar-refractivity contribution < 1.29 is 23.5 Å². The topological polar surface area (TPSA) is 79.0 Å². The highest BCUT2D eigenvalue weighted by Crippen LogP contribution is 2.20. The van der Waals surface area contributed by atoms with E-state index in [1.54, 1.807) is 17.0 Å². The third-order valence-electron chi connectivity index (χ3n) is 5.58. The normalized spacial score (nSPS) is 14.0. The zero-order valence-electron chi connectivity index (χ0n) is 19.5. The number of halogens is 1. The molecular formula is C25H30FN3O4S. The Balaban J connectivity index is 1.32. The molecule has 0 radical (unpaired) electrons. The number of benzene rings is 2. The number of nitrogens with zero attached hydrogens (tertiary/aromatic N) is 2. The van der Waals surface area contributed by atoms with E-state index in [1.165, 1.54) is 23.9 Å². The number of thioether (sulfide) groups is 1. The lowest BCUT2D eigenvalue weighted by Crippen LogP contribution is -2.51. The summed E-state index contributed by atoms with van der Waals surface area (Å²) in [5.41, 5.74) is 2.89. The van der Waals surface area contributed by atoms with Gasteiger partial charge in [0.05, 0.1) is 13.0 Å². The van der Waals surface area contributed by atoms with E-state index in [1.807, 2.05) is 36.9 Å². The fourth-order valence-electron chi connectivity index (χ4n) is 3.64. The van der Waals surface area contributed by atoms with Crippen molar-refractivity contribution in [3.8, 4) is 0 Å². The molecule has 2 amide bonds. The summed E-state index contributed by atoms with van der Waals surface area (Å²) < 4.78 is 18.0. The summed E-state index contributed by atoms with van der Waals surface area (Å²) in [5.74, 6) is -0.571. The summed E-state index contributed by atoms with van der Waals surface area (Å²) in [6.45, 7) is 6.02. The van der Waals surface area contributed by atoms with Gasteiger partial charge < -0.3 is 15.0 Å². The van der Waals surface area contributed by atoms with Crippen LogP contribution >= 0.6 is 11.8 Å². The molecule has 0 aliphatic carbocycles. The van der Waals surface area contributed by atoms with Gasteiger partial charge in [0.1, 0.15) is 5.82 Å². The number of para-hydroxylation sites is 1. The van der Waals surface area contributed by atoms with Crippen LogP contribution in [0.25, 0.3) is 0 Å². The fraction of sp³-hybridized carbons (Fsp3) is 0.400. The molecular weight excluding hydrogens is 457 g/mol. The summed E-state index contributed by atoms with van der Waals surface area (Å²) in [6.07, 6.45) is 0.165. The molecule has 0 atom stereocenters. The molecule has 34 heavy (non-hydrogen) atoms. The summed E-state index contributed by atoms with van der Waals surface area (Å²) in [7, 11) is 0. The fourth-order valence-corrected chi connectivity index (χ4v) is 4.47. The predicted molar refractivity (Wildman–Crippen MR) is 130 cm³/mol. The van der Waals surface area contributed by atoms with E-state index < -0.39 is 5.97 Å².